The van der Waals surface area contributed by atoms with Gasteiger partial charge in [0, 0.05) is 24.1 Å². The quantitative estimate of drug-likeness (QED) is 0.736. The van der Waals surface area contributed by atoms with Crippen molar-refractivity contribution in [3.05, 3.63) is 59.5 Å². The lowest BCUT2D eigenvalue weighted by molar-refractivity contribution is -0.174. The number of halogens is 1. The Kier molecular flexibility index (Phi) is 4.93. The van der Waals surface area contributed by atoms with Crippen LogP contribution < -0.4 is 4.74 Å². The summed E-state index contributed by atoms with van der Waals surface area (Å²) < 4.78 is 19.6. The molecular weight excluding hydrogens is 433 g/mol. The zero-order valence-electron chi connectivity index (χ0n) is 19.0. The van der Waals surface area contributed by atoms with E-state index in [-0.39, 0.29) is 35.1 Å². The molecule has 7 rings (SSSR count). The molecule has 0 spiro atoms. The van der Waals surface area contributed by atoms with E-state index < -0.39 is 5.60 Å². The Morgan fingerprint density at radius 3 is 2.44 bits per heavy atom. The second-order valence-electron chi connectivity index (χ2n) is 10.8. The first-order chi connectivity index (χ1) is 16.4. The van der Waals surface area contributed by atoms with E-state index >= 15 is 0 Å². The SMILES string of the molecule is N#Cc1ccc(OC2CN(C(=O)CC3(c4ccc(F)cc4)C4CC5CC3CC(O)(C5)C4)C2)nc1. The molecule has 4 bridgehead atoms. The molecule has 1 aliphatic heterocycles. The van der Waals surface area contributed by atoms with Gasteiger partial charge in [-0.1, -0.05) is 12.1 Å². The first-order valence-corrected chi connectivity index (χ1v) is 12.2. The molecule has 7 heteroatoms. The summed E-state index contributed by atoms with van der Waals surface area (Å²) in [5.41, 5.74) is 0.556. The van der Waals surface area contributed by atoms with Crippen molar-refractivity contribution in [2.45, 2.75) is 55.6 Å². The van der Waals surface area contributed by atoms with Gasteiger partial charge in [-0.2, -0.15) is 5.26 Å². The third-order valence-electron chi connectivity index (χ3n) is 8.79. The van der Waals surface area contributed by atoms with Gasteiger partial charge in [-0.25, -0.2) is 9.37 Å². The van der Waals surface area contributed by atoms with Crippen LogP contribution in [0.25, 0.3) is 0 Å². The van der Waals surface area contributed by atoms with E-state index in [1.165, 1.54) is 18.3 Å². The van der Waals surface area contributed by atoms with Crippen LogP contribution in [0, 0.1) is 34.9 Å². The number of hydrogen-bond acceptors (Lipinski definition) is 5. The Morgan fingerprint density at radius 2 is 1.85 bits per heavy atom. The van der Waals surface area contributed by atoms with Crippen LogP contribution in [0.1, 0.15) is 49.7 Å². The lowest BCUT2D eigenvalue weighted by Crippen LogP contribution is -2.64. The van der Waals surface area contributed by atoms with Crippen molar-refractivity contribution in [1.29, 1.82) is 5.26 Å². The number of aromatic nitrogens is 1. The molecule has 1 aromatic carbocycles. The van der Waals surface area contributed by atoms with Crippen molar-refractivity contribution in [2.75, 3.05) is 13.1 Å². The summed E-state index contributed by atoms with van der Waals surface area (Å²) in [7, 11) is 0. The van der Waals surface area contributed by atoms with Crippen molar-refractivity contribution in [2.24, 2.45) is 17.8 Å². The molecule has 2 atom stereocenters. The highest BCUT2D eigenvalue weighted by Gasteiger charge is 2.63. The van der Waals surface area contributed by atoms with Gasteiger partial charge in [0.15, 0.2) is 0 Å². The summed E-state index contributed by atoms with van der Waals surface area (Å²) in [5, 5.41) is 20.0. The Morgan fingerprint density at radius 1 is 1.15 bits per heavy atom. The number of nitrogens with zero attached hydrogens (tertiary/aromatic N) is 3. The van der Waals surface area contributed by atoms with E-state index in [0.29, 0.717) is 36.9 Å². The minimum absolute atomic E-state index is 0.0939. The molecule has 5 fully saturated rings. The number of ether oxygens (including phenoxy) is 1. The molecule has 5 aliphatic rings. The fraction of sp³-hybridized carbons (Fsp3) is 0.519. The highest BCUT2D eigenvalue weighted by molar-refractivity contribution is 5.79. The number of rotatable bonds is 5. The fourth-order valence-corrected chi connectivity index (χ4v) is 7.44. The third-order valence-corrected chi connectivity index (χ3v) is 8.79. The van der Waals surface area contributed by atoms with Gasteiger partial charge in [-0.15, -0.1) is 0 Å². The Bertz CT molecular complexity index is 1120. The molecule has 0 radical (unpaired) electrons. The van der Waals surface area contributed by atoms with Crippen LogP contribution in [-0.4, -0.2) is 45.7 Å². The van der Waals surface area contributed by atoms with E-state index in [1.807, 2.05) is 23.1 Å². The fourth-order valence-electron chi connectivity index (χ4n) is 7.44. The molecule has 2 unspecified atom stereocenters. The zero-order chi connectivity index (χ0) is 23.5. The molecule has 2 heterocycles. The number of carbonyl (C=O) groups is 1. The van der Waals surface area contributed by atoms with Gasteiger partial charge < -0.3 is 14.7 Å². The highest BCUT2D eigenvalue weighted by Crippen LogP contribution is 2.65. The molecule has 176 valence electrons. The summed E-state index contributed by atoms with van der Waals surface area (Å²) >= 11 is 0. The van der Waals surface area contributed by atoms with Gasteiger partial charge in [0.2, 0.25) is 11.8 Å². The minimum Gasteiger partial charge on any atom is -0.471 e. The van der Waals surface area contributed by atoms with Crippen LogP contribution in [-0.2, 0) is 10.2 Å². The maximum atomic E-state index is 13.8. The predicted molar refractivity (Wildman–Crippen MR) is 121 cm³/mol. The van der Waals surface area contributed by atoms with Gasteiger partial charge in [0.1, 0.15) is 18.0 Å². The molecule has 6 nitrogen and oxygen atoms in total. The predicted octanol–water partition coefficient (Wildman–Crippen LogP) is 3.58. The maximum Gasteiger partial charge on any atom is 0.223 e. The molecule has 2 aromatic rings. The number of carbonyl (C=O) groups excluding carboxylic acids is 1. The Labute approximate surface area is 198 Å². The topological polar surface area (TPSA) is 86.5 Å². The summed E-state index contributed by atoms with van der Waals surface area (Å²) in [6, 6.07) is 12.1. The molecule has 1 saturated heterocycles. The van der Waals surface area contributed by atoms with Gasteiger partial charge in [0.05, 0.1) is 24.3 Å². The average Bonchev–Trinajstić information content (AvgIpc) is 2.78. The van der Waals surface area contributed by atoms with Crippen LogP contribution in [0.4, 0.5) is 4.39 Å². The van der Waals surface area contributed by atoms with Crippen molar-refractivity contribution in [3.8, 4) is 11.9 Å². The van der Waals surface area contributed by atoms with E-state index in [1.54, 1.807) is 12.1 Å². The van der Waals surface area contributed by atoms with Crippen molar-refractivity contribution >= 4 is 5.91 Å². The molecule has 1 N–H and O–H groups in total. The molecule has 1 amide bonds. The zero-order valence-corrected chi connectivity index (χ0v) is 19.0. The molecule has 4 aliphatic carbocycles. The van der Waals surface area contributed by atoms with Crippen LogP contribution >= 0.6 is 0 Å². The first-order valence-electron chi connectivity index (χ1n) is 12.2. The van der Waals surface area contributed by atoms with Crippen LogP contribution in [0.2, 0.25) is 0 Å². The normalized spacial score (nSPS) is 33.9. The number of hydrogen-bond donors (Lipinski definition) is 1. The third kappa shape index (κ3) is 3.47. The molecule has 4 saturated carbocycles. The second kappa shape index (κ2) is 7.78. The van der Waals surface area contributed by atoms with Crippen LogP contribution in [0.3, 0.4) is 0 Å². The maximum absolute atomic E-state index is 13.8. The number of amides is 1. The van der Waals surface area contributed by atoms with Crippen LogP contribution in [0.5, 0.6) is 5.88 Å². The summed E-state index contributed by atoms with van der Waals surface area (Å²) in [6.07, 6.45) is 6.12. The monoisotopic (exact) mass is 461 g/mol. The minimum atomic E-state index is -0.604. The van der Waals surface area contributed by atoms with Gasteiger partial charge >= 0.3 is 0 Å². The number of aliphatic hydroxyl groups is 1. The first kappa shape index (κ1) is 21.5. The number of pyridine rings is 1. The van der Waals surface area contributed by atoms with Gasteiger partial charge in [0.25, 0.3) is 0 Å². The molecule has 1 aromatic heterocycles. The molecule has 34 heavy (non-hydrogen) atoms. The van der Waals surface area contributed by atoms with E-state index in [0.717, 1.165) is 37.7 Å². The largest absolute Gasteiger partial charge is 0.471 e. The average molecular weight is 462 g/mol. The second-order valence-corrected chi connectivity index (χ2v) is 10.8. The van der Waals surface area contributed by atoms with Crippen LogP contribution in [0.15, 0.2) is 42.6 Å². The Hall–Kier alpha value is -2.98. The molecular formula is C27H28FN3O3. The summed E-state index contributed by atoms with van der Waals surface area (Å²) in [5.74, 6) is 1.26. The van der Waals surface area contributed by atoms with E-state index in [2.05, 4.69) is 4.98 Å². The van der Waals surface area contributed by atoms with Crippen molar-refractivity contribution in [1.82, 2.24) is 9.88 Å². The van der Waals surface area contributed by atoms with E-state index in [4.69, 9.17) is 10.00 Å². The lowest BCUT2D eigenvalue weighted by atomic mass is 9.41. The van der Waals surface area contributed by atoms with Gasteiger partial charge in [-0.3, -0.25) is 4.79 Å². The van der Waals surface area contributed by atoms with E-state index in [9.17, 15) is 14.3 Å². The van der Waals surface area contributed by atoms with Crippen molar-refractivity contribution in [3.63, 3.8) is 0 Å². The standard InChI is InChI=1S/C27H28FN3O3/c28-22-4-2-19(3-5-22)27(20-7-18-8-21(27)11-26(33,9-18)10-20)12-25(32)31-15-23(16-31)34-24-6-1-17(13-29)14-30-24/h1-6,14,18,20-21,23,33H,7-12,15-16H2. The number of benzene rings is 1. The van der Waals surface area contributed by atoms with Gasteiger partial charge in [-0.05, 0) is 73.6 Å². The summed E-state index contributed by atoms with van der Waals surface area (Å²) in [6.45, 7) is 1.00. The highest BCUT2D eigenvalue weighted by atomic mass is 19.1. The smallest absolute Gasteiger partial charge is 0.223 e. The Balaban J connectivity index is 1.19. The summed E-state index contributed by atoms with van der Waals surface area (Å²) in [4.78, 5) is 19.5. The number of nitriles is 1. The van der Waals surface area contributed by atoms with Crippen molar-refractivity contribution < 1.29 is 19.0 Å². The number of likely N-dealkylation sites (tertiary alicyclic amines) is 1. The lowest BCUT2D eigenvalue weighted by Gasteiger charge is -2.64.